The average molecular weight is 277 g/mol. The molecule has 0 aliphatic carbocycles. The van der Waals surface area contributed by atoms with Crippen LogP contribution in [0, 0.1) is 13.8 Å². The lowest BCUT2D eigenvalue weighted by molar-refractivity contribution is 0.0934. The van der Waals surface area contributed by atoms with E-state index in [1.165, 1.54) is 4.88 Å². The van der Waals surface area contributed by atoms with Gasteiger partial charge in [0, 0.05) is 10.6 Å². The van der Waals surface area contributed by atoms with Crippen LogP contribution in [0.4, 0.5) is 0 Å². The molecule has 0 aliphatic rings. The first-order valence-electron chi connectivity index (χ1n) is 6.49. The second-order valence-corrected chi connectivity index (χ2v) is 5.62. The van der Waals surface area contributed by atoms with Gasteiger partial charge < -0.3 is 5.32 Å². The third-order valence-electron chi connectivity index (χ3n) is 3.12. The Morgan fingerprint density at radius 1 is 1.53 bits per heavy atom. The number of thiophene rings is 1. The molecule has 5 heteroatoms. The predicted molar refractivity (Wildman–Crippen MR) is 77.5 cm³/mol. The van der Waals surface area contributed by atoms with Gasteiger partial charge in [-0.3, -0.25) is 9.89 Å². The summed E-state index contributed by atoms with van der Waals surface area (Å²) in [7, 11) is 0. The molecule has 0 aromatic carbocycles. The van der Waals surface area contributed by atoms with E-state index in [1.807, 2.05) is 25.3 Å². The molecule has 4 nitrogen and oxygen atoms in total. The fourth-order valence-electron chi connectivity index (χ4n) is 2.18. The van der Waals surface area contributed by atoms with Crippen LogP contribution < -0.4 is 5.32 Å². The highest BCUT2D eigenvalue weighted by atomic mass is 32.1. The van der Waals surface area contributed by atoms with Crippen molar-refractivity contribution in [3.05, 3.63) is 39.3 Å². The molecule has 2 N–H and O–H groups in total. The van der Waals surface area contributed by atoms with E-state index in [2.05, 4.69) is 28.5 Å². The number of nitrogens with one attached hydrogen (secondary N) is 2. The van der Waals surface area contributed by atoms with Crippen LogP contribution in [0.1, 0.15) is 52.4 Å². The Bertz CT molecular complexity index is 526. The van der Waals surface area contributed by atoms with Crippen molar-refractivity contribution < 1.29 is 4.79 Å². The molecule has 0 aliphatic heterocycles. The lowest BCUT2D eigenvalue weighted by Gasteiger charge is -2.16. The molecule has 19 heavy (non-hydrogen) atoms. The molecule has 2 heterocycles. The molecule has 2 aromatic heterocycles. The van der Waals surface area contributed by atoms with Crippen LogP contribution in [0.5, 0.6) is 0 Å². The Kier molecular flexibility index (Phi) is 4.37. The van der Waals surface area contributed by atoms with Crippen molar-refractivity contribution in [3.63, 3.8) is 0 Å². The van der Waals surface area contributed by atoms with Gasteiger partial charge in [-0.2, -0.15) is 5.10 Å². The highest BCUT2D eigenvalue weighted by molar-refractivity contribution is 7.10. The molecule has 0 spiro atoms. The van der Waals surface area contributed by atoms with Gasteiger partial charge in [0.05, 0.1) is 17.3 Å². The molecule has 1 unspecified atom stereocenters. The van der Waals surface area contributed by atoms with Gasteiger partial charge in [0.2, 0.25) is 0 Å². The van der Waals surface area contributed by atoms with Crippen LogP contribution in [0.25, 0.3) is 0 Å². The number of carbonyl (C=O) groups is 1. The first kappa shape index (κ1) is 13.8. The summed E-state index contributed by atoms with van der Waals surface area (Å²) in [5.74, 6) is -0.0457. The number of aromatic nitrogens is 2. The minimum atomic E-state index is -0.0457. The van der Waals surface area contributed by atoms with Crippen LogP contribution in [-0.4, -0.2) is 16.1 Å². The Hall–Kier alpha value is -1.62. The number of carbonyl (C=O) groups excluding carboxylic acids is 1. The number of aryl methyl sites for hydroxylation is 2. The fraction of sp³-hybridized carbons (Fsp3) is 0.429. The van der Waals surface area contributed by atoms with Crippen molar-refractivity contribution in [1.29, 1.82) is 0 Å². The van der Waals surface area contributed by atoms with Crippen LogP contribution >= 0.6 is 11.3 Å². The van der Waals surface area contributed by atoms with E-state index >= 15 is 0 Å². The van der Waals surface area contributed by atoms with Crippen molar-refractivity contribution in [2.45, 2.75) is 39.7 Å². The lowest BCUT2D eigenvalue weighted by atomic mass is 10.1. The van der Waals surface area contributed by atoms with Gasteiger partial charge in [0.15, 0.2) is 0 Å². The van der Waals surface area contributed by atoms with Gasteiger partial charge in [-0.25, -0.2) is 0 Å². The molecule has 0 saturated heterocycles. The summed E-state index contributed by atoms with van der Waals surface area (Å²) < 4.78 is 0. The van der Waals surface area contributed by atoms with Gasteiger partial charge in [-0.05, 0) is 31.7 Å². The molecule has 2 aromatic rings. The second-order valence-electron chi connectivity index (χ2n) is 4.64. The van der Waals surface area contributed by atoms with Crippen molar-refractivity contribution in [2.75, 3.05) is 0 Å². The molecule has 0 bridgehead atoms. The third-order valence-corrected chi connectivity index (χ3v) is 4.11. The lowest BCUT2D eigenvalue weighted by Crippen LogP contribution is -2.28. The number of H-pyrrole nitrogens is 1. The van der Waals surface area contributed by atoms with E-state index in [9.17, 15) is 4.79 Å². The summed E-state index contributed by atoms with van der Waals surface area (Å²) in [6, 6.07) is 4.18. The van der Waals surface area contributed by atoms with E-state index in [1.54, 1.807) is 11.3 Å². The molecule has 2 rings (SSSR count). The minimum absolute atomic E-state index is 0.0457. The molecule has 1 amide bonds. The first-order valence-corrected chi connectivity index (χ1v) is 7.37. The van der Waals surface area contributed by atoms with E-state index in [-0.39, 0.29) is 11.9 Å². The molecule has 0 fully saturated rings. The third kappa shape index (κ3) is 3.04. The summed E-state index contributed by atoms with van der Waals surface area (Å²) in [4.78, 5) is 13.6. The van der Waals surface area contributed by atoms with Crippen molar-refractivity contribution in [1.82, 2.24) is 15.5 Å². The SMILES string of the molecule is CCCC(NC(=O)c1c(C)n[nH]c1C)c1cccs1. The number of rotatable bonds is 5. The first-order chi connectivity index (χ1) is 9.13. The maximum absolute atomic E-state index is 12.4. The standard InChI is InChI=1S/C14H19N3OS/c1-4-6-11(12-7-5-8-19-12)15-14(18)13-9(2)16-17-10(13)3/h5,7-8,11H,4,6H2,1-3H3,(H,15,18)(H,16,17). The predicted octanol–water partition coefficient (Wildman–Crippen LogP) is 3.36. The van der Waals surface area contributed by atoms with Crippen molar-refractivity contribution >= 4 is 17.2 Å². The van der Waals surface area contributed by atoms with E-state index in [0.717, 1.165) is 24.2 Å². The fourth-order valence-corrected chi connectivity index (χ4v) is 2.99. The minimum Gasteiger partial charge on any atom is -0.344 e. The van der Waals surface area contributed by atoms with Crippen LogP contribution in [0.2, 0.25) is 0 Å². The smallest absolute Gasteiger partial charge is 0.255 e. The van der Waals surface area contributed by atoms with E-state index < -0.39 is 0 Å². The van der Waals surface area contributed by atoms with Crippen molar-refractivity contribution in [3.8, 4) is 0 Å². The summed E-state index contributed by atoms with van der Waals surface area (Å²) in [6.07, 6.45) is 1.98. The maximum Gasteiger partial charge on any atom is 0.255 e. The Morgan fingerprint density at radius 3 is 2.84 bits per heavy atom. The monoisotopic (exact) mass is 277 g/mol. The van der Waals surface area contributed by atoms with Gasteiger partial charge >= 0.3 is 0 Å². The van der Waals surface area contributed by atoms with Crippen LogP contribution in [-0.2, 0) is 0 Å². The molecule has 102 valence electrons. The highest BCUT2D eigenvalue weighted by Gasteiger charge is 2.20. The molecule has 1 atom stereocenters. The number of hydrogen-bond donors (Lipinski definition) is 2. The zero-order valence-corrected chi connectivity index (χ0v) is 12.3. The zero-order valence-electron chi connectivity index (χ0n) is 11.5. The van der Waals surface area contributed by atoms with E-state index in [4.69, 9.17) is 0 Å². The Labute approximate surface area is 117 Å². The topological polar surface area (TPSA) is 57.8 Å². The normalized spacial score (nSPS) is 12.4. The Morgan fingerprint density at radius 2 is 2.32 bits per heavy atom. The second kappa shape index (κ2) is 6.02. The number of hydrogen-bond acceptors (Lipinski definition) is 3. The molecule has 0 saturated carbocycles. The number of amides is 1. The summed E-state index contributed by atoms with van der Waals surface area (Å²) >= 11 is 1.68. The van der Waals surface area contributed by atoms with Gasteiger partial charge in [0.25, 0.3) is 5.91 Å². The van der Waals surface area contributed by atoms with Crippen LogP contribution in [0.15, 0.2) is 17.5 Å². The molecular formula is C14H19N3OS. The van der Waals surface area contributed by atoms with Crippen LogP contribution in [0.3, 0.4) is 0 Å². The quantitative estimate of drug-likeness (QED) is 0.880. The zero-order chi connectivity index (χ0) is 13.8. The molecular weight excluding hydrogens is 258 g/mol. The maximum atomic E-state index is 12.4. The van der Waals surface area contributed by atoms with Crippen molar-refractivity contribution in [2.24, 2.45) is 0 Å². The summed E-state index contributed by atoms with van der Waals surface area (Å²) in [5.41, 5.74) is 2.23. The van der Waals surface area contributed by atoms with Gasteiger partial charge in [0.1, 0.15) is 0 Å². The highest BCUT2D eigenvalue weighted by Crippen LogP contribution is 2.24. The largest absolute Gasteiger partial charge is 0.344 e. The number of nitrogens with zero attached hydrogens (tertiary/aromatic N) is 1. The summed E-state index contributed by atoms with van der Waals surface area (Å²) in [5, 5.41) is 12.1. The van der Waals surface area contributed by atoms with E-state index in [0.29, 0.717) is 5.56 Å². The average Bonchev–Trinajstić information content (AvgIpc) is 2.99. The van der Waals surface area contributed by atoms with Gasteiger partial charge in [-0.1, -0.05) is 19.4 Å². The summed E-state index contributed by atoms with van der Waals surface area (Å²) in [6.45, 7) is 5.84. The van der Waals surface area contributed by atoms with Gasteiger partial charge in [-0.15, -0.1) is 11.3 Å². The molecule has 0 radical (unpaired) electrons. The number of aromatic amines is 1. The Balaban J connectivity index is 2.16.